The average molecular weight is 298 g/mol. The number of alkyl halides is 2. The van der Waals surface area contributed by atoms with Crippen molar-refractivity contribution in [1.82, 2.24) is 10.6 Å². The van der Waals surface area contributed by atoms with Crippen LogP contribution < -0.4 is 15.4 Å². The fraction of sp³-hybridized carbons (Fsp3) is 0.533. The van der Waals surface area contributed by atoms with E-state index >= 15 is 0 Å². The van der Waals surface area contributed by atoms with Crippen molar-refractivity contribution in [1.29, 1.82) is 0 Å². The van der Waals surface area contributed by atoms with E-state index in [4.69, 9.17) is 0 Å². The SMILES string of the molecule is CC(NC(=O)CC1CCCN1)c1cccc(OC(F)F)c1. The summed E-state index contributed by atoms with van der Waals surface area (Å²) in [4.78, 5) is 11.9. The minimum absolute atomic E-state index is 0.0397. The van der Waals surface area contributed by atoms with E-state index in [1.165, 1.54) is 12.1 Å². The second kappa shape index (κ2) is 7.36. The zero-order valence-electron chi connectivity index (χ0n) is 11.9. The Morgan fingerprint density at radius 1 is 1.52 bits per heavy atom. The van der Waals surface area contributed by atoms with Gasteiger partial charge in [-0.2, -0.15) is 8.78 Å². The lowest BCUT2D eigenvalue weighted by Gasteiger charge is -2.17. The molecule has 21 heavy (non-hydrogen) atoms. The summed E-state index contributed by atoms with van der Waals surface area (Å²) in [5, 5.41) is 6.15. The first kappa shape index (κ1) is 15.7. The fourth-order valence-electron chi connectivity index (χ4n) is 2.50. The van der Waals surface area contributed by atoms with Gasteiger partial charge in [0.05, 0.1) is 6.04 Å². The van der Waals surface area contributed by atoms with Crippen molar-refractivity contribution < 1.29 is 18.3 Å². The topological polar surface area (TPSA) is 50.4 Å². The van der Waals surface area contributed by atoms with Gasteiger partial charge in [-0.25, -0.2) is 0 Å². The molecule has 1 aliphatic rings. The summed E-state index contributed by atoms with van der Waals surface area (Å²) < 4.78 is 28.7. The van der Waals surface area contributed by atoms with Gasteiger partial charge in [0.15, 0.2) is 0 Å². The lowest BCUT2D eigenvalue weighted by Crippen LogP contribution is -2.33. The van der Waals surface area contributed by atoms with Crippen LogP contribution >= 0.6 is 0 Å². The Balaban J connectivity index is 1.89. The van der Waals surface area contributed by atoms with Crippen molar-refractivity contribution in [3.63, 3.8) is 0 Å². The van der Waals surface area contributed by atoms with Crippen LogP contribution in [0.2, 0.25) is 0 Å². The first-order valence-corrected chi connectivity index (χ1v) is 7.12. The molecule has 1 aromatic carbocycles. The van der Waals surface area contributed by atoms with E-state index in [0.29, 0.717) is 6.42 Å². The first-order chi connectivity index (χ1) is 10.0. The molecule has 2 atom stereocenters. The highest BCUT2D eigenvalue weighted by Crippen LogP contribution is 2.21. The highest BCUT2D eigenvalue weighted by Gasteiger charge is 2.19. The van der Waals surface area contributed by atoms with E-state index in [2.05, 4.69) is 15.4 Å². The van der Waals surface area contributed by atoms with E-state index in [1.54, 1.807) is 12.1 Å². The predicted octanol–water partition coefficient (Wildman–Crippen LogP) is 2.61. The highest BCUT2D eigenvalue weighted by atomic mass is 19.3. The molecular formula is C15H20F2N2O2. The minimum atomic E-state index is -2.85. The maximum Gasteiger partial charge on any atom is 0.387 e. The average Bonchev–Trinajstić information content (AvgIpc) is 2.90. The van der Waals surface area contributed by atoms with Gasteiger partial charge in [-0.1, -0.05) is 12.1 Å². The number of ether oxygens (including phenoxy) is 1. The van der Waals surface area contributed by atoms with E-state index in [0.717, 1.165) is 24.9 Å². The second-order valence-electron chi connectivity index (χ2n) is 5.24. The van der Waals surface area contributed by atoms with Crippen molar-refractivity contribution in [3.05, 3.63) is 29.8 Å². The summed E-state index contributed by atoms with van der Waals surface area (Å²) in [5.41, 5.74) is 0.737. The molecule has 1 heterocycles. The van der Waals surface area contributed by atoms with E-state index < -0.39 is 6.61 Å². The van der Waals surface area contributed by atoms with Crippen molar-refractivity contribution in [2.24, 2.45) is 0 Å². The molecule has 1 amide bonds. The van der Waals surface area contributed by atoms with Crippen LogP contribution in [-0.2, 0) is 4.79 Å². The van der Waals surface area contributed by atoms with E-state index in [1.807, 2.05) is 6.92 Å². The summed E-state index contributed by atoms with van der Waals surface area (Å²) in [6.45, 7) is -0.0688. The maximum atomic E-state index is 12.2. The maximum absolute atomic E-state index is 12.2. The van der Waals surface area contributed by atoms with Gasteiger partial charge >= 0.3 is 6.61 Å². The molecule has 1 fully saturated rings. The Labute approximate surface area is 122 Å². The molecule has 0 aromatic heterocycles. The normalized spacial score (nSPS) is 19.5. The summed E-state index contributed by atoms with van der Waals surface area (Å²) >= 11 is 0. The van der Waals surface area contributed by atoms with Gasteiger partial charge in [-0.3, -0.25) is 4.79 Å². The molecule has 1 aromatic rings. The number of benzene rings is 1. The molecule has 0 aliphatic carbocycles. The highest BCUT2D eigenvalue weighted by molar-refractivity contribution is 5.77. The molecular weight excluding hydrogens is 278 g/mol. The summed E-state index contributed by atoms with van der Waals surface area (Å²) in [6.07, 6.45) is 2.55. The summed E-state index contributed by atoms with van der Waals surface area (Å²) in [6, 6.07) is 6.38. The number of carbonyl (C=O) groups is 1. The third kappa shape index (κ3) is 4.97. The number of hydrogen-bond donors (Lipinski definition) is 2. The molecule has 0 saturated carbocycles. The quantitative estimate of drug-likeness (QED) is 0.849. The van der Waals surface area contributed by atoms with Gasteiger partial charge in [-0.05, 0) is 44.0 Å². The second-order valence-corrected chi connectivity index (χ2v) is 5.24. The van der Waals surface area contributed by atoms with Crippen LogP contribution in [0.3, 0.4) is 0 Å². The third-order valence-corrected chi connectivity index (χ3v) is 3.55. The van der Waals surface area contributed by atoms with Crippen LogP contribution in [0.5, 0.6) is 5.75 Å². The van der Waals surface area contributed by atoms with Gasteiger partial charge in [-0.15, -0.1) is 0 Å². The number of nitrogens with one attached hydrogen (secondary N) is 2. The Bertz CT molecular complexity index is 476. The number of hydrogen-bond acceptors (Lipinski definition) is 3. The molecule has 1 saturated heterocycles. The lowest BCUT2D eigenvalue weighted by atomic mass is 10.1. The molecule has 116 valence electrons. The smallest absolute Gasteiger partial charge is 0.387 e. The molecule has 1 aliphatic heterocycles. The first-order valence-electron chi connectivity index (χ1n) is 7.12. The van der Waals surface area contributed by atoms with Crippen molar-refractivity contribution in [2.75, 3.05) is 6.54 Å². The fourth-order valence-corrected chi connectivity index (χ4v) is 2.50. The lowest BCUT2D eigenvalue weighted by molar-refractivity contribution is -0.122. The Hall–Kier alpha value is -1.69. The Kier molecular flexibility index (Phi) is 5.50. The van der Waals surface area contributed by atoms with Crippen molar-refractivity contribution in [3.8, 4) is 5.75 Å². The van der Waals surface area contributed by atoms with Gasteiger partial charge in [0.25, 0.3) is 0 Å². The predicted molar refractivity (Wildman–Crippen MR) is 75.3 cm³/mol. The Morgan fingerprint density at radius 2 is 2.33 bits per heavy atom. The van der Waals surface area contributed by atoms with Crippen LogP contribution in [0.25, 0.3) is 0 Å². The number of amides is 1. The zero-order valence-corrected chi connectivity index (χ0v) is 11.9. The molecule has 2 rings (SSSR count). The standard InChI is InChI=1S/C15H20F2N2O2/c1-10(19-14(20)9-12-5-3-7-18-12)11-4-2-6-13(8-11)21-15(16)17/h2,4,6,8,10,12,15,18H,3,5,7,9H2,1H3,(H,19,20). The van der Waals surface area contributed by atoms with Crippen LogP contribution in [0.15, 0.2) is 24.3 Å². The van der Waals surface area contributed by atoms with Gasteiger partial charge in [0.1, 0.15) is 5.75 Å². The zero-order chi connectivity index (χ0) is 15.2. The minimum Gasteiger partial charge on any atom is -0.435 e. The monoisotopic (exact) mass is 298 g/mol. The van der Waals surface area contributed by atoms with Crippen LogP contribution in [0.1, 0.15) is 37.8 Å². The van der Waals surface area contributed by atoms with Crippen molar-refractivity contribution >= 4 is 5.91 Å². The molecule has 0 spiro atoms. The van der Waals surface area contributed by atoms with Crippen molar-refractivity contribution in [2.45, 2.75) is 44.9 Å². The van der Waals surface area contributed by atoms with Gasteiger partial charge in [0, 0.05) is 12.5 Å². The number of halogens is 2. The molecule has 2 unspecified atom stereocenters. The van der Waals surface area contributed by atoms with Crippen LogP contribution in [0.4, 0.5) is 8.78 Å². The van der Waals surface area contributed by atoms with E-state index in [9.17, 15) is 13.6 Å². The number of rotatable bonds is 6. The molecule has 0 bridgehead atoms. The molecule has 0 radical (unpaired) electrons. The number of carbonyl (C=O) groups excluding carboxylic acids is 1. The van der Waals surface area contributed by atoms with Gasteiger partial charge in [0.2, 0.25) is 5.91 Å². The summed E-state index contributed by atoms with van der Waals surface area (Å²) in [7, 11) is 0. The molecule has 6 heteroatoms. The Morgan fingerprint density at radius 3 is 3.00 bits per heavy atom. The molecule has 2 N–H and O–H groups in total. The third-order valence-electron chi connectivity index (χ3n) is 3.55. The van der Waals surface area contributed by atoms with Crippen LogP contribution in [0, 0.1) is 0 Å². The van der Waals surface area contributed by atoms with Gasteiger partial charge < -0.3 is 15.4 Å². The largest absolute Gasteiger partial charge is 0.435 e. The molecule has 4 nitrogen and oxygen atoms in total. The summed E-state index contributed by atoms with van der Waals surface area (Å²) in [5.74, 6) is 0.0585. The van der Waals surface area contributed by atoms with E-state index in [-0.39, 0.29) is 23.7 Å². The van der Waals surface area contributed by atoms with Crippen LogP contribution in [-0.4, -0.2) is 25.1 Å².